The molecule has 1 unspecified atom stereocenters. The lowest BCUT2D eigenvalue weighted by Crippen LogP contribution is -2.22. The molecule has 2 heterocycles. The lowest BCUT2D eigenvalue weighted by atomic mass is 9.93. The highest BCUT2D eigenvalue weighted by Crippen LogP contribution is 2.32. The Balaban J connectivity index is 0.000000171. The fourth-order valence-corrected chi connectivity index (χ4v) is 3.14. The number of amidine groups is 2. The number of nitrogens with two attached hydrogens (primary N) is 2. The highest BCUT2D eigenvalue weighted by Gasteiger charge is 2.36. The van der Waals surface area contributed by atoms with E-state index in [1.54, 1.807) is 13.8 Å². The molecule has 2 aromatic rings. The Bertz CT molecular complexity index is 948. The van der Waals surface area contributed by atoms with E-state index in [9.17, 15) is 17.6 Å². The highest BCUT2D eigenvalue weighted by molar-refractivity contribution is 5.74. The smallest absolute Gasteiger partial charge is 0.283 e. The Morgan fingerprint density at radius 3 is 1.40 bits per heavy atom. The molecule has 0 saturated heterocycles. The van der Waals surface area contributed by atoms with Crippen molar-refractivity contribution >= 4 is 12.0 Å². The van der Waals surface area contributed by atoms with Crippen LogP contribution in [0.25, 0.3) is 0 Å². The molecule has 2 aliphatic rings. The van der Waals surface area contributed by atoms with Gasteiger partial charge in [-0.3, -0.25) is 0 Å². The second kappa shape index (κ2) is 7.85. The van der Waals surface area contributed by atoms with Crippen molar-refractivity contribution in [2.45, 2.75) is 24.9 Å². The van der Waals surface area contributed by atoms with Gasteiger partial charge < -0.3 is 20.9 Å². The maximum atomic E-state index is 13.5. The minimum Gasteiger partial charge on any atom is -0.462 e. The number of ether oxygens (including phenoxy) is 2. The molecule has 0 saturated carbocycles. The predicted octanol–water partition coefficient (Wildman–Crippen LogP) is 3.05. The summed E-state index contributed by atoms with van der Waals surface area (Å²) in [6, 6.07) is 6.49. The molecular formula is C20H20F4N4O2. The van der Waals surface area contributed by atoms with Gasteiger partial charge in [-0.25, -0.2) is 27.5 Å². The van der Waals surface area contributed by atoms with E-state index in [0.717, 1.165) is 36.4 Å². The second-order valence-corrected chi connectivity index (χ2v) is 7.27. The summed E-state index contributed by atoms with van der Waals surface area (Å²) in [6.45, 7) is 3.54. The van der Waals surface area contributed by atoms with Crippen LogP contribution in [0.4, 0.5) is 17.6 Å². The zero-order valence-corrected chi connectivity index (χ0v) is 16.3. The lowest BCUT2D eigenvalue weighted by molar-refractivity contribution is 0.262. The van der Waals surface area contributed by atoms with Gasteiger partial charge in [-0.05, 0) is 50.2 Å². The van der Waals surface area contributed by atoms with Crippen molar-refractivity contribution in [3.8, 4) is 0 Å². The highest BCUT2D eigenvalue weighted by atomic mass is 19.1. The number of benzene rings is 2. The van der Waals surface area contributed by atoms with Gasteiger partial charge in [0.2, 0.25) is 0 Å². The molecule has 0 radical (unpaired) electrons. The molecule has 2 aromatic carbocycles. The van der Waals surface area contributed by atoms with Crippen molar-refractivity contribution in [2.75, 3.05) is 13.2 Å². The molecule has 0 spiro atoms. The van der Waals surface area contributed by atoms with Crippen LogP contribution in [0.2, 0.25) is 0 Å². The first-order chi connectivity index (χ1) is 14.0. The van der Waals surface area contributed by atoms with Crippen molar-refractivity contribution < 1.29 is 27.0 Å². The third-order valence-corrected chi connectivity index (χ3v) is 4.73. The average Bonchev–Trinajstić information content (AvgIpc) is 3.22. The predicted molar refractivity (Wildman–Crippen MR) is 103 cm³/mol. The summed E-state index contributed by atoms with van der Waals surface area (Å²) >= 11 is 0. The van der Waals surface area contributed by atoms with E-state index in [2.05, 4.69) is 9.98 Å². The van der Waals surface area contributed by atoms with Crippen LogP contribution in [0, 0.1) is 23.3 Å². The molecule has 6 nitrogen and oxygen atoms in total. The molecule has 4 N–H and O–H groups in total. The Labute approximate surface area is 170 Å². The zero-order chi connectivity index (χ0) is 22.1. The summed E-state index contributed by atoms with van der Waals surface area (Å²) in [4.78, 5) is 7.92. The van der Waals surface area contributed by atoms with Crippen LogP contribution in [0.15, 0.2) is 46.4 Å². The standard InChI is InChI=1S/2C10H10F2N2O/c2*1-10(5-15-9(13)14-10)7-4-6(11)2-3-8(7)12/h2*2-4H,5H2,1H3,(H2,13,14)/t10-;/m1./s1. The minimum atomic E-state index is -0.934. The van der Waals surface area contributed by atoms with E-state index in [4.69, 9.17) is 20.9 Å². The third kappa shape index (κ3) is 4.32. The first-order valence-corrected chi connectivity index (χ1v) is 8.90. The number of hydrogen-bond acceptors (Lipinski definition) is 6. The van der Waals surface area contributed by atoms with Crippen LogP contribution in [-0.4, -0.2) is 25.3 Å². The fraction of sp³-hybridized carbons (Fsp3) is 0.300. The van der Waals surface area contributed by atoms with Gasteiger partial charge in [-0.1, -0.05) is 0 Å². The summed E-state index contributed by atoms with van der Waals surface area (Å²) in [5, 5.41) is 0. The van der Waals surface area contributed by atoms with Crippen LogP contribution in [0.5, 0.6) is 0 Å². The number of hydrogen-bond donors (Lipinski definition) is 2. The van der Waals surface area contributed by atoms with Crippen molar-refractivity contribution in [1.82, 2.24) is 0 Å². The normalized spacial score (nSPS) is 24.9. The third-order valence-electron chi connectivity index (χ3n) is 4.73. The van der Waals surface area contributed by atoms with E-state index in [-0.39, 0.29) is 36.4 Å². The molecule has 0 aromatic heterocycles. The van der Waals surface area contributed by atoms with Gasteiger partial charge in [0.25, 0.3) is 12.0 Å². The SMILES string of the molecule is CC1(c2cc(F)ccc2F)COC(N)=N1.C[C@]1(c2cc(F)ccc2F)COC(N)=N1. The lowest BCUT2D eigenvalue weighted by Gasteiger charge is -2.19. The van der Waals surface area contributed by atoms with E-state index in [1.807, 2.05) is 0 Å². The van der Waals surface area contributed by atoms with E-state index in [1.165, 1.54) is 0 Å². The Hall–Kier alpha value is -3.30. The summed E-state index contributed by atoms with van der Waals surface area (Å²) in [7, 11) is 0. The molecule has 10 heteroatoms. The molecular weight excluding hydrogens is 404 g/mol. The number of aliphatic imine (C=N–C) groups is 2. The Morgan fingerprint density at radius 1 is 0.733 bits per heavy atom. The van der Waals surface area contributed by atoms with Crippen molar-refractivity contribution in [3.05, 3.63) is 70.8 Å². The Morgan fingerprint density at radius 2 is 1.10 bits per heavy atom. The first-order valence-electron chi connectivity index (χ1n) is 8.90. The maximum Gasteiger partial charge on any atom is 0.283 e. The summed E-state index contributed by atoms with van der Waals surface area (Å²) in [5.74, 6) is -2.04. The van der Waals surface area contributed by atoms with Crippen molar-refractivity contribution in [1.29, 1.82) is 0 Å². The number of halogens is 4. The summed E-state index contributed by atoms with van der Waals surface area (Å²) in [6.07, 6.45) is 0. The number of nitrogens with zero attached hydrogens (tertiary/aromatic N) is 2. The van der Waals surface area contributed by atoms with Crippen LogP contribution < -0.4 is 11.5 Å². The largest absolute Gasteiger partial charge is 0.462 e. The molecule has 0 aliphatic carbocycles. The molecule has 160 valence electrons. The zero-order valence-electron chi connectivity index (χ0n) is 16.3. The average molecular weight is 424 g/mol. The molecule has 0 bridgehead atoms. The molecule has 2 aliphatic heterocycles. The van der Waals surface area contributed by atoms with Gasteiger partial charge in [0, 0.05) is 11.1 Å². The maximum absolute atomic E-state index is 13.5. The fourth-order valence-electron chi connectivity index (χ4n) is 3.14. The van der Waals surface area contributed by atoms with Gasteiger partial charge in [0.05, 0.1) is 0 Å². The molecule has 30 heavy (non-hydrogen) atoms. The number of rotatable bonds is 2. The minimum absolute atomic E-state index is 0.00108. The van der Waals surface area contributed by atoms with E-state index in [0.29, 0.717) is 0 Å². The van der Waals surface area contributed by atoms with Gasteiger partial charge in [-0.15, -0.1) is 0 Å². The van der Waals surface area contributed by atoms with Crippen molar-refractivity contribution in [3.63, 3.8) is 0 Å². The van der Waals surface area contributed by atoms with Gasteiger partial charge in [-0.2, -0.15) is 0 Å². The molecule has 0 fully saturated rings. The van der Waals surface area contributed by atoms with Gasteiger partial charge >= 0.3 is 0 Å². The van der Waals surface area contributed by atoms with Crippen LogP contribution in [0.1, 0.15) is 25.0 Å². The summed E-state index contributed by atoms with van der Waals surface area (Å²) < 4.78 is 62.8. The quantitative estimate of drug-likeness (QED) is 0.725. The summed E-state index contributed by atoms with van der Waals surface area (Å²) in [5.41, 5.74) is 9.14. The monoisotopic (exact) mass is 424 g/mol. The van der Waals surface area contributed by atoms with E-state index < -0.39 is 34.3 Å². The topological polar surface area (TPSA) is 95.2 Å². The van der Waals surface area contributed by atoms with Crippen LogP contribution >= 0.6 is 0 Å². The van der Waals surface area contributed by atoms with Crippen molar-refractivity contribution in [2.24, 2.45) is 21.5 Å². The second-order valence-electron chi connectivity index (χ2n) is 7.27. The van der Waals surface area contributed by atoms with Gasteiger partial charge in [0.15, 0.2) is 0 Å². The van der Waals surface area contributed by atoms with Crippen LogP contribution in [-0.2, 0) is 20.6 Å². The first kappa shape index (κ1) is 21.4. The molecule has 2 atom stereocenters. The van der Waals surface area contributed by atoms with E-state index >= 15 is 0 Å². The van der Waals surface area contributed by atoms with Gasteiger partial charge in [0.1, 0.15) is 47.6 Å². The van der Waals surface area contributed by atoms with Crippen LogP contribution in [0.3, 0.4) is 0 Å². The molecule has 4 rings (SSSR count). The molecule has 0 amide bonds. The Kier molecular flexibility index (Phi) is 5.60.